The first-order chi connectivity index (χ1) is 20.3. The predicted octanol–water partition coefficient (Wildman–Crippen LogP) is 1.09. The summed E-state index contributed by atoms with van der Waals surface area (Å²) in [6.07, 6.45) is 10.0. The zero-order valence-electron chi connectivity index (χ0n) is 25.6. The highest BCUT2D eigenvalue weighted by atomic mass is 16.4. The van der Waals surface area contributed by atoms with Gasteiger partial charge in [-0.1, -0.05) is 50.2 Å². The molecule has 0 radical (unpaired) electrons. The van der Waals surface area contributed by atoms with E-state index in [-0.39, 0.29) is 0 Å². The molecule has 0 bridgehead atoms. The second-order valence-electron chi connectivity index (χ2n) is 10.4. The van der Waals surface area contributed by atoms with E-state index in [0.717, 1.165) is 0 Å². The van der Waals surface area contributed by atoms with E-state index in [9.17, 15) is 19.8 Å². The van der Waals surface area contributed by atoms with Crippen LogP contribution in [0.3, 0.4) is 0 Å². The van der Waals surface area contributed by atoms with Crippen LogP contribution >= 0.6 is 0 Å². The number of fused-ring (bicyclic) bond motifs is 2. The van der Waals surface area contributed by atoms with Gasteiger partial charge >= 0.3 is 0 Å². The number of quaternary nitrogens is 2. The molecule has 4 rings (SSSR count). The maximum atomic E-state index is 9.41. The number of para-hydroxylation sites is 2. The highest BCUT2D eigenvalue weighted by Crippen LogP contribution is 2.18. The van der Waals surface area contributed by atoms with Crippen LogP contribution in [0.15, 0.2) is 73.1 Å². The lowest BCUT2D eigenvalue weighted by molar-refractivity contribution is -0.898. The lowest BCUT2D eigenvalue weighted by Gasteiger charge is -2.16. The molecule has 2 atom stereocenters. The molecule has 0 aliphatic heterocycles. The van der Waals surface area contributed by atoms with Crippen molar-refractivity contribution < 1.29 is 29.6 Å². The SMILES string of the molecule is CCC[NH+](CC)CCc1c[nH]c2ccccc12.CCC[NH+](CC)CCc1c[nH]c2ccccc12.O=C([O-])/C=C/C(=O)[O-]. The van der Waals surface area contributed by atoms with Crippen LogP contribution in [0.5, 0.6) is 0 Å². The van der Waals surface area contributed by atoms with Gasteiger partial charge < -0.3 is 39.6 Å². The molecule has 0 amide bonds. The van der Waals surface area contributed by atoms with Gasteiger partial charge in [0.1, 0.15) is 0 Å². The van der Waals surface area contributed by atoms with Crippen molar-refractivity contribution >= 4 is 33.7 Å². The topological polar surface area (TPSA) is 121 Å². The Labute approximate surface area is 250 Å². The van der Waals surface area contributed by atoms with Gasteiger partial charge in [0.25, 0.3) is 0 Å². The Morgan fingerprint density at radius 3 is 1.36 bits per heavy atom. The normalized spacial score (nSPS) is 12.4. The van der Waals surface area contributed by atoms with Gasteiger partial charge in [-0.05, 0) is 62.1 Å². The first kappa shape index (κ1) is 34.3. The third kappa shape index (κ3) is 11.9. The number of likely N-dealkylation sites (N-methyl/N-ethyl adjacent to an activating group) is 2. The minimum atomic E-state index is -1.55. The van der Waals surface area contributed by atoms with Crippen molar-refractivity contribution in [2.24, 2.45) is 0 Å². The van der Waals surface area contributed by atoms with Crippen molar-refractivity contribution in [3.8, 4) is 0 Å². The average Bonchev–Trinajstić information content (AvgIpc) is 3.61. The molecule has 4 N–H and O–H groups in total. The summed E-state index contributed by atoms with van der Waals surface area (Å²) in [5.74, 6) is -3.09. The number of benzene rings is 2. The fourth-order valence-corrected chi connectivity index (χ4v) is 5.10. The van der Waals surface area contributed by atoms with Crippen molar-refractivity contribution in [3.05, 3.63) is 84.2 Å². The van der Waals surface area contributed by atoms with Gasteiger partial charge in [0.15, 0.2) is 0 Å². The second-order valence-corrected chi connectivity index (χ2v) is 10.4. The molecule has 0 aliphatic carbocycles. The van der Waals surface area contributed by atoms with Gasteiger partial charge in [-0.15, -0.1) is 0 Å². The summed E-state index contributed by atoms with van der Waals surface area (Å²) in [5.41, 5.74) is 5.44. The number of rotatable bonds is 14. The molecule has 0 saturated heterocycles. The minimum Gasteiger partial charge on any atom is -0.545 e. The summed E-state index contributed by atoms with van der Waals surface area (Å²) in [6, 6.07) is 17.1. The summed E-state index contributed by atoms with van der Waals surface area (Å²) in [4.78, 5) is 28.9. The van der Waals surface area contributed by atoms with Gasteiger partial charge in [0.05, 0.1) is 51.2 Å². The molecule has 0 aliphatic rings. The van der Waals surface area contributed by atoms with E-state index in [4.69, 9.17) is 0 Å². The van der Waals surface area contributed by atoms with Crippen molar-refractivity contribution in [2.45, 2.75) is 53.4 Å². The van der Waals surface area contributed by atoms with Crippen LogP contribution in [-0.4, -0.2) is 61.2 Å². The molecule has 42 heavy (non-hydrogen) atoms. The fraction of sp³-hybridized carbons (Fsp3) is 0.412. The minimum absolute atomic E-state index is 0.384. The quantitative estimate of drug-likeness (QED) is 0.168. The standard InChI is InChI=1S/2C15H22N2.C4H4O4/c2*1-3-10-17(4-2)11-9-13-12-16-15-8-6-5-7-14(13)15;5-3(6)1-2-4(7)8/h2*5-8,12,16H,3-4,9-11H2,1-2H3;1-2H,(H,5,6)(H,7,8)/b;;2-1+. The molecule has 0 spiro atoms. The third-order valence-electron chi connectivity index (χ3n) is 7.41. The maximum Gasteiger partial charge on any atom is 0.0812 e. The Bertz CT molecular complexity index is 1270. The van der Waals surface area contributed by atoms with Crippen LogP contribution in [0, 0.1) is 0 Å². The number of carbonyl (C=O) groups excluding carboxylic acids is 2. The summed E-state index contributed by atoms with van der Waals surface area (Å²) in [7, 11) is 0. The van der Waals surface area contributed by atoms with Crippen molar-refractivity contribution in [1.82, 2.24) is 9.97 Å². The summed E-state index contributed by atoms with van der Waals surface area (Å²) in [6.45, 7) is 16.6. The highest BCUT2D eigenvalue weighted by Gasteiger charge is 2.09. The van der Waals surface area contributed by atoms with E-state index in [1.807, 2.05) is 0 Å². The molecular formula is C34H48N4O4. The number of aliphatic carboxylic acids is 2. The summed E-state index contributed by atoms with van der Waals surface area (Å²) < 4.78 is 0. The second kappa shape index (κ2) is 19.3. The Kier molecular flexibility index (Phi) is 15.8. The van der Waals surface area contributed by atoms with Crippen LogP contribution in [0.1, 0.15) is 51.7 Å². The molecule has 8 nitrogen and oxygen atoms in total. The monoisotopic (exact) mass is 576 g/mol. The molecule has 2 aromatic carbocycles. The summed E-state index contributed by atoms with van der Waals surface area (Å²) >= 11 is 0. The molecule has 0 fully saturated rings. The maximum absolute atomic E-state index is 9.41. The van der Waals surface area contributed by atoms with Crippen molar-refractivity contribution in [2.75, 3.05) is 39.3 Å². The first-order valence-corrected chi connectivity index (χ1v) is 15.2. The predicted molar refractivity (Wildman–Crippen MR) is 166 cm³/mol. The van der Waals surface area contributed by atoms with Crippen LogP contribution in [-0.2, 0) is 22.4 Å². The van der Waals surface area contributed by atoms with E-state index in [1.54, 1.807) is 9.80 Å². The Morgan fingerprint density at radius 1 is 0.643 bits per heavy atom. The van der Waals surface area contributed by atoms with Gasteiger partial charge in [-0.2, -0.15) is 0 Å². The number of H-pyrrole nitrogens is 2. The lowest BCUT2D eigenvalue weighted by atomic mass is 10.1. The van der Waals surface area contributed by atoms with Gasteiger partial charge in [0.2, 0.25) is 0 Å². The number of nitrogens with one attached hydrogen (secondary N) is 4. The lowest BCUT2D eigenvalue weighted by Crippen LogP contribution is -3.11. The number of carboxylic acid groups (broad SMARTS) is 2. The Balaban J connectivity index is 0.000000236. The molecule has 4 aromatic rings. The van der Waals surface area contributed by atoms with E-state index in [2.05, 4.69) is 98.6 Å². The molecule has 2 heterocycles. The third-order valence-corrected chi connectivity index (χ3v) is 7.41. The number of hydrogen-bond donors (Lipinski definition) is 4. The molecule has 228 valence electrons. The highest BCUT2D eigenvalue weighted by molar-refractivity contribution is 5.87. The van der Waals surface area contributed by atoms with Crippen molar-refractivity contribution in [3.63, 3.8) is 0 Å². The van der Waals surface area contributed by atoms with Gasteiger partial charge in [-0.25, -0.2) is 0 Å². The number of carbonyl (C=O) groups is 2. The summed E-state index contributed by atoms with van der Waals surface area (Å²) in [5, 5.41) is 21.6. The smallest absolute Gasteiger partial charge is 0.0812 e. The van der Waals surface area contributed by atoms with Crippen molar-refractivity contribution in [1.29, 1.82) is 0 Å². The van der Waals surface area contributed by atoms with E-state index >= 15 is 0 Å². The zero-order valence-corrected chi connectivity index (χ0v) is 25.6. The van der Waals surface area contributed by atoms with Crippen LogP contribution in [0.25, 0.3) is 21.8 Å². The zero-order chi connectivity index (χ0) is 30.7. The fourth-order valence-electron chi connectivity index (χ4n) is 5.10. The van der Waals surface area contributed by atoms with Gasteiger partial charge in [0, 0.05) is 47.0 Å². The number of hydrogen-bond acceptors (Lipinski definition) is 4. The van der Waals surface area contributed by atoms with E-state index in [1.165, 1.54) is 97.9 Å². The molecule has 2 aromatic heterocycles. The molecular weight excluding hydrogens is 528 g/mol. The van der Waals surface area contributed by atoms with Crippen LogP contribution in [0.2, 0.25) is 0 Å². The van der Waals surface area contributed by atoms with Gasteiger partial charge in [-0.3, -0.25) is 0 Å². The van der Waals surface area contributed by atoms with Crippen LogP contribution < -0.4 is 20.0 Å². The Morgan fingerprint density at radius 2 is 1.02 bits per heavy atom. The van der Waals surface area contributed by atoms with E-state index in [0.29, 0.717) is 12.2 Å². The van der Waals surface area contributed by atoms with Crippen LogP contribution in [0.4, 0.5) is 0 Å². The first-order valence-electron chi connectivity index (χ1n) is 15.2. The molecule has 0 saturated carbocycles. The number of aromatic nitrogens is 2. The van der Waals surface area contributed by atoms with E-state index < -0.39 is 11.9 Å². The molecule has 2 unspecified atom stereocenters. The molecule has 8 heteroatoms. The average molecular weight is 577 g/mol. The largest absolute Gasteiger partial charge is 0.545 e. The Hall–Kier alpha value is -3.88. The number of carboxylic acids is 2. The number of aromatic amines is 2.